The number of ether oxygens (including phenoxy) is 2. The summed E-state index contributed by atoms with van der Waals surface area (Å²) >= 11 is 0. The van der Waals surface area contributed by atoms with Gasteiger partial charge in [0.1, 0.15) is 11.2 Å². The summed E-state index contributed by atoms with van der Waals surface area (Å²) in [6.45, 7) is 4.16. The van der Waals surface area contributed by atoms with Crippen LogP contribution in [0.15, 0.2) is 89.3 Å². The van der Waals surface area contributed by atoms with E-state index < -0.39 is 0 Å². The van der Waals surface area contributed by atoms with Crippen LogP contribution in [0.3, 0.4) is 0 Å². The van der Waals surface area contributed by atoms with Gasteiger partial charge in [0.25, 0.3) is 0 Å². The number of esters is 2. The second-order valence-electron chi connectivity index (χ2n) is 8.00. The summed E-state index contributed by atoms with van der Waals surface area (Å²) < 4.78 is 17.0. The molecule has 0 bridgehead atoms. The molecule has 0 spiro atoms. The van der Waals surface area contributed by atoms with E-state index in [2.05, 4.69) is 0 Å². The molecule has 5 nitrogen and oxygen atoms in total. The Morgan fingerprint density at radius 1 is 0.629 bits per heavy atom. The molecule has 5 rings (SSSR count). The number of para-hydroxylation sites is 1. The van der Waals surface area contributed by atoms with Crippen molar-refractivity contribution in [3.63, 3.8) is 0 Å². The second kappa shape index (κ2) is 9.47. The molecule has 0 unspecified atom stereocenters. The third-order valence-electron chi connectivity index (χ3n) is 5.95. The van der Waals surface area contributed by atoms with Crippen molar-refractivity contribution in [1.29, 1.82) is 0 Å². The van der Waals surface area contributed by atoms with E-state index in [1.54, 1.807) is 26.0 Å². The van der Waals surface area contributed by atoms with Crippen LogP contribution in [0.4, 0.5) is 0 Å². The van der Waals surface area contributed by atoms with E-state index in [4.69, 9.17) is 13.9 Å². The number of fused-ring (bicyclic) bond motifs is 3. The molecule has 4 aromatic carbocycles. The Kier molecular flexibility index (Phi) is 6.06. The fourth-order valence-corrected chi connectivity index (χ4v) is 4.47. The number of hydrogen-bond donors (Lipinski definition) is 0. The van der Waals surface area contributed by atoms with E-state index in [1.165, 1.54) is 0 Å². The van der Waals surface area contributed by atoms with Gasteiger partial charge >= 0.3 is 11.9 Å². The first-order valence-corrected chi connectivity index (χ1v) is 11.6. The molecule has 0 amide bonds. The summed E-state index contributed by atoms with van der Waals surface area (Å²) in [7, 11) is 0. The normalized spacial score (nSPS) is 11.0. The van der Waals surface area contributed by atoms with E-state index in [0.717, 1.165) is 38.6 Å². The van der Waals surface area contributed by atoms with E-state index in [0.29, 0.717) is 23.3 Å². The van der Waals surface area contributed by atoms with Crippen LogP contribution in [0.5, 0.6) is 0 Å². The van der Waals surface area contributed by atoms with Crippen molar-refractivity contribution >= 4 is 33.9 Å². The Balaban J connectivity index is 1.82. The first-order chi connectivity index (χ1) is 17.1. The maximum Gasteiger partial charge on any atom is 0.338 e. The summed E-state index contributed by atoms with van der Waals surface area (Å²) in [5, 5.41) is 1.79. The monoisotopic (exact) mass is 464 g/mol. The molecule has 0 saturated heterocycles. The highest BCUT2D eigenvalue weighted by Crippen LogP contribution is 2.43. The Morgan fingerprint density at radius 3 is 1.77 bits per heavy atom. The Labute approximate surface area is 202 Å². The van der Waals surface area contributed by atoms with Crippen molar-refractivity contribution < 1.29 is 23.5 Å². The highest BCUT2D eigenvalue weighted by Gasteiger charge is 2.23. The fraction of sp³-hybridized carbons (Fsp3) is 0.133. The van der Waals surface area contributed by atoms with Gasteiger partial charge < -0.3 is 13.9 Å². The number of carbonyl (C=O) groups is 2. The van der Waals surface area contributed by atoms with Crippen molar-refractivity contribution in [3.05, 3.63) is 96.1 Å². The average Bonchev–Trinajstić information content (AvgIpc) is 3.28. The zero-order valence-corrected chi connectivity index (χ0v) is 19.5. The molecule has 0 fully saturated rings. The first kappa shape index (κ1) is 22.4. The molecule has 0 saturated carbocycles. The Morgan fingerprint density at radius 2 is 1.14 bits per heavy atom. The second-order valence-corrected chi connectivity index (χ2v) is 8.00. The number of carbonyl (C=O) groups excluding carboxylic acids is 2. The number of benzene rings is 4. The van der Waals surface area contributed by atoms with Gasteiger partial charge in [-0.05, 0) is 54.8 Å². The minimum absolute atomic E-state index is 0.288. The molecule has 0 aliphatic rings. The maximum atomic E-state index is 12.7. The molecule has 5 aromatic rings. The lowest BCUT2D eigenvalue weighted by molar-refractivity contribution is 0.0517. The number of rotatable bonds is 6. The zero-order valence-electron chi connectivity index (χ0n) is 19.5. The molecule has 1 heterocycles. The molecule has 0 radical (unpaired) electrons. The van der Waals surface area contributed by atoms with Gasteiger partial charge in [-0.3, -0.25) is 0 Å². The SMILES string of the molecule is CCOC(=O)c1ccccc1-c1ccc(-c2ccccc2C(=O)OCC)c2c1oc1ccccc12. The lowest BCUT2D eigenvalue weighted by atomic mass is 9.91. The van der Waals surface area contributed by atoms with Gasteiger partial charge in [0, 0.05) is 16.3 Å². The lowest BCUT2D eigenvalue weighted by Gasteiger charge is -2.13. The van der Waals surface area contributed by atoms with Crippen LogP contribution in [0.1, 0.15) is 34.6 Å². The summed E-state index contributed by atoms with van der Waals surface area (Å²) in [6.07, 6.45) is 0. The average molecular weight is 465 g/mol. The van der Waals surface area contributed by atoms with Gasteiger partial charge in [-0.2, -0.15) is 0 Å². The van der Waals surface area contributed by atoms with E-state index in [-0.39, 0.29) is 18.5 Å². The zero-order chi connectivity index (χ0) is 24.4. The molecule has 174 valence electrons. The van der Waals surface area contributed by atoms with Crippen molar-refractivity contribution in [2.75, 3.05) is 13.2 Å². The molecule has 0 aliphatic heterocycles. The van der Waals surface area contributed by atoms with E-state index >= 15 is 0 Å². The predicted molar refractivity (Wildman–Crippen MR) is 137 cm³/mol. The fourth-order valence-electron chi connectivity index (χ4n) is 4.47. The maximum absolute atomic E-state index is 12.7. The van der Waals surface area contributed by atoms with Crippen LogP contribution in [0, 0.1) is 0 Å². The van der Waals surface area contributed by atoms with Crippen molar-refractivity contribution in [2.45, 2.75) is 13.8 Å². The van der Waals surface area contributed by atoms with Crippen molar-refractivity contribution in [1.82, 2.24) is 0 Å². The summed E-state index contributed by atoms with van der Waals surface area (Å²) in [5.74, 6) is -0.759. The molecule has 35 heavy (non-hydrogen) atoms. The largest absolute Gasteiger partial charge is 0.462 e. The highest BCUT2D eigenvalue weighted by atomic mass is 16.5. The summed E-state index contributed by atoms with van der Waals surface area (Å²) in [5.41, 5.74) is 5.42. The van der Waals surface area contributed by atoms with E-state index in [9.17, 15) is 9.59 Å². The van der Waals surface area contributed by atoms with Crippen LogP contribution in [0.2, 0.25) is 0 Å². The minimum Gasteiger partial charge on any atom is -0.462 e. The van der Waals surface area contributed by atoms with Gasteiger partial charge in [0.05, 0.1) is 24.3 Å². The van der Waals surface area contributed by atoms with Crippen molar-refractivity contribution in [2.24, 2.45) is 0 Å². The minimum atomic E-state index is -0.385. The van der Waals surface area contributed by atoms with Gasteiger partial charge in [-0.25, -0.2) is 9.59 Å². The third-order valence-corrected chi connectivity index (χ3v) is 5.95. The van der Waals surface area contributed by atoms with Gasteiger partial charge in [0.15, 0.2) is 0 Å². The lowest BCUT2D eigenvalue weighted by Crippen LogP contribution is -2.07. The molecule has 5 heteroatoms. The molecule has 0 N–H and O–H groups in total. The van der Waals surface area contributed by atoms with E-state index in [1.807, 2.05) is 72.8 Å². The first-order valence-electron chi connectivity index (χ1n) is 11.6. The van der Waals surface area contributed by atoms with Crippen LogP contribution in [-0.4, -0.2) is 25.2 Å². The summed E-state index contributed by atoms with van der Waals surface area (Å²) in [6, 6.07) is 26.4. The number of furan rings is 1. The topological polar surface area (TPSA) is 65.7 Å². The van der Waals surface area contributed by atoms with Gasteiger partial charge in [0.2, 0.25) is 0 Å². The Bertz CT molecular complexity index is 1560. The smallest absolute Gasteiger partial charge is 0.338 e. The predicted octanol–water partition coefficient (Wildman–Crippen LogP) is 7.27. The van der Waals surface area contributed by atoms with Crippen LogP contribution < -0.4 is 0 Å². The Hall–Kier alpha value is -4.38. The standard InChI is InChI=1S/C30H24O5/c1-3-33-29(31)23-13-7-5-11-19(23)21-17-18-22(20-12-6-8-14-24(20)30(32)34-4-2)28-27(21)25-15-9-10-16-26(25)35-28/h5-18H,3-4H2,1-2H3. The quantitative estimate of drug-likeness (QED) is 0.247. The summed E-state index contributed by atoms with van der Waals surface area (Å²) in [4.78, 5) is 25.5. The van der Waals surface area contributed by atoms with Crippen LogP contribution in [0.25, 0.3) is 44.2 Å². The highest BCUT2D eigenvalue weighted by molar-refractivity contribution is 6.18. The molecular weight excluding hydrogens is 440 g/mol. The molecule has 1 aromatic heterocycles. The van der Waals surface area contributed by atoms with Crippen LogP contribution >= 0.6 is 0 Å². The van der Waals surface area contributed by atoms with Gasteiger partial charge in [-0.1, -0.05) is 60.7 Å². The molecular formula is C30H24O5. The third kappa shape index (κ3) is 3.95. The number of hydrogen-bond acceptors (Lipinski definition) is 5. The molecule has 0 aliphatic carbocycles. The van der Waals surface area contributed by atoms with Crippen molar-refractivity contribution in [3.8, 4) is 22.3 Å². The van der Waals surface area contributed by atoms with Crippen LogP contribution in [-0.2, 0) is 9.47 Å². The molecule has 0 atom stereocenters. The van der Waals surface area contributed by atoms with Gasteiger partial charge in [-0.15, -0.1) is 0 Å².